The highest BCUT2D eigenvalue weighted by Gasteiger charge is 2.15. The van der Waals surface area contributed by atoms with Crippen LogP contribution in [0.3, 0.4) is 0 Å². The molecule has 1 aliphatic rings. The van der Waals surface area contributed by atoms with Gasteiger partial charge in [-0.1, -0.05) is 19.8 Å². The first-order chi connectivity index (χ1) is 8.31. The van der Waals surface area contributed by atoms with Crippen LogP contribution in [0, 0.1) is 0 Å². The zero-order chi connectivity index (χ0) is 12.1. The molecule has 1 aromatic heterocycles. The van der Waals surface area contributed by atoms with E-state index in [1.807, 2.05) is 0 Å². The fourth-order valence-electron chi connectivity index (χ4n) is 2.29. The molecule has 0 amide bonds. The average Bonchev–Trinajstić information content (AvgIpc) is 2.66. The first-order valence-electron chi connectivity index (χ1n) is 6.75. The number of thiazole rings is 1. The van der Waals surface area contributed by atoms with Crippen molar-refractivity contribution in [1.82, 2.24) is 10.3 Å². The van der Waals surface area contributed by atoms with E-state index in [0.717, 1.165) is 6.54 Å². The summed E-state index contributed by atoms with van der Waals surface area (Å²) in [6, 6.07) is 0.372. The molecule has 1 aliphatic heterocycles. The fourth-order valence-corrected chi connectivity index (χ4v) is 3.27. The molecular weight excluding hydrogens is 230 g/mol. The third kappa shape index (κ3) is 3.42. The number of anilines is 1. The fraction of sp³-hybridized carbons (Fsp3) is 0.769. The molecule has 96 valence electrons. The topological polar surface area (TPSA) is 28.2 Å². The minimum absolute atomic E-state index is 0.372. The first kappa shape index (κ1) is 12.8. The number of nitrogens with zero attached hydrogens (tertiary/aromatic N) is 2. The van der Waals surface area contributed by atoms with Gasteiger partial charge in [0.2, 0.25) is 0 Å². The molecule has 0 bridgehead atoms. The van der Waals surface area contributed by atoms with Crippen molar-refractivity contribution < 1.29 is 0 Å². The Kier molecular flexibility index (Phi) is 4.80. The molecule has 1 fully saturated rings. The SMILES string of the molecule is CCNC(C)c1csc(N2CCCCCC2)n1. The van der Waals surface area contributed by atoms with Gasteiger partial charge in [-0.05, 0) is 26.3 Å². The van der Waals surface area contributed by atoms with Crippen LogP contribution < -0.4 is 10.2 Å². The highest BCUT2D eigenvalue weighted by molar-refractivity contribution is 7.13. The summed E-state index contributed by atoms with van der Waals surface area (Å²) in [5.74, 6) is 0. The third-order valence-corrected chi connectivity index (χ3v) is 4.26. The van der Waals surface area contributed by atoms with Crippen LogP contribution in [-0.4, -0.2) is 24.6 Å². The highest BCUT2D eigenvalue weighted by Crippen LogP contribution is 2.26. The van der Waals surface area contributed by atoms with E-state index in [-0.39, 0.29) is 0 Å². The second-order valence-corrected chi connectivity index (χ2v) is 5.57. The van der Waals surface area contributed by atoms with Crippen molar-refractivity contribution in [2.75, 3.05) is 24.5 Å². The van der Waals surface area contributed by atoms with Crippen molar-refractivity contribution in [2.45, 2.75) is 45.6 Å². The molecule has 4 heteroatoms. The summed E-state index contributed by atoms with van der Waals surface area (Å²) in [7, 11) is 0. The van der Waals surface area contributed by atoms with Gasteiger partial charge in [0, 0.05) is 24.5 Å². The Morgan fingerprint density at radius 1 is 1.35 bits per heavy atom. The van der Waals surface area contributed by atoms with Crippen LogP contribution in [0.4, 0.5) is 5.13 Å². The second kappa shape index (κ2) is 6.36. The molecule has 17 heavy (non-hydrogen) atoms. The standard InChI is InChI=1S/C13H23N3S/c1-3-14-11(2)12-10-17-13(15-12)16-8-6-4-5-7-9-16/h10-11,14H,3-9H2,1-2H3. The van der Waals surface area contributed by atoms with Gasteiger partial charge in [-0.2, -0.15) is 0 Å². The van der Waals surface area contributed by atoms with E-state index in [2.05, 4.69) is 29.4 Å². The monoisotopic (exact) mass is 253 g/mol. The molecule has 1 aromatic rings. The maximum absolute atomic E-state index is 4.78. The van der Waals surface area contributed by atoms with Gasteiger partial charge in [0.1, 0.15) is 0 Å². The van der Waals surface area contributed by atoms with Gasteiger partial charge in [0.15, 0.2) is 5.13 Å². The van der Waals surface area contributed by atoms with E-state index in [9.17, 15) is 0 Å². The average molecular weight is 253 g/mol. The maximum Gasteiger partial charge on any atom is 0.185 e. The quantitative estimate of drug-likeness (QED) is 0.893. The Bertz CT molecular complexity index is 329. The molecule has 0 aliphatic carbocycles. The molecule has 1 unspecified atom stereocenters. The predicted octanol–water partition coefficient (Wildman–Crippen LogP) is 3.19. The zero-order valence-electron chi connectivity index (χ0n) is 10.9. The van der Waals surface area contributed by atoms with Crippen LogP contribution >= 0.6 is 11.3 Å². The van der Waals surface area contributed by atoms with Crippen molar-refractivity contribution >= 4 is 16.5 Å². The minimum atomic E-state index is 0.372. The van der Waals surface area contributed by atoms with Gasteiger partial charge in [0.25, 0.3) is 0 Å². The lowest BCUT2D eigenvalue weighted by atomic mass is 10.2. The number of rotatable bonds is 4. The summed E-state index contributed by atoms with van der Waals surface area (Å²) >= 11 is 1.79. The smallest absolute Gasteiger partial charge is 0.185 e. The predicted molar refractivity (Wildman–Crippen MR) is 74.9 cm³/mol. The van der Waals surface area contributed by atoms with Gasteiger partial charge in [0.05, 0.1) is 5.69 Å². The Labute approximate surface area is 108 Å². The molecule has 0 saturated carbocycles. The maximum atomic E-state index is 4.78. The Balaban J connectivity index is 2.01. The van der Waals surface area contributed by atoms with Gasteiger partial charge < -0.3 is 10.2 Å². The summed E-state index contributed by atoms with van der Waals surface area (Å²) < 4.78 is 0. The van der Waals surface area contributed by atoms with Gasteiger partial charge in [-0.3, -0.25) is 0 Å². The summed E-state index contributed by atoms with van der Waals surface area (Å²) in [5.41, 5.74) is 1.19. The molecule has 0 spiro atoms. The lowest BCUT2D eigenvalue weighted by Crippen LogP contribution is -2.24. The van der Waals surface area contributed by atoms with E-state index >= 15 is 0 Å². The van der Waals surface area contributed by atoms with Gasteiger partial charge in [-0.15, -0.1) is 11.3 Å². The molecule has 2 rings (SSSR count). The van der Waals surface area contributed by atoms with Crippen LogP contribution in [0.2, 0.25) is 0 Å². The molecule has 1 N–H and O–H groups in total. The molecule has 1 atom stereocenters. The van der Waals surface area contributed by atoms with E-state index in [0.29, 0.717) is 6.04 Å². The van der Waals surface area contributed by atoms with E-state index in [1.165, 1.54) is 49.6 Å². The largest absolute Gasteiger partial charge is 0.348 e. The Hall–Kier alpha value is -0.610. The normalized spacial score (nSPS) is 19.1. The number of hydrogen-bond donors (Lipinski definition) is 1. The van der Waals surface area contributed by atoms with Crippen LogP contribution in [0.1, 0.15) is 51.3 Å². The molecule has 2 heterocycles. The second-order valence-electron chi connectivity index (χ2n) is 4.74. The minimum Gasteiger partial charge on any atom is -0.348 e. The van der Waals surface area contributed by atoms with Crippen LogP contribution in [0.15, 0.2) is 5.38 Å². The summed E-state index contributed by atoms with van der Waals surface area (Å²) in [6.07, 6.45) is 5.39. The number of hydrogen-bond acceptors (Lipinski definition) is 4. The Morgan fingerprint density at radius 2 is 2.06 bits per heavy atom. The van der Waals surface area contributed by atoms with E-state index in [4.69, 9.17) is 4.98 Å². The van der Waals surface area contributed by atoms with Crippen molar-refractivity contribution in [2.24, 2.45) is 0 Å². The van der Waals surface area contributed by atoms with Crippen molar-refractivity contribution in [1.29, 1.82) is 0 Å². The summed E-state index contributed by atoms with van der Waals surface area (Å²) in [5, 5.41) is 6.83. The number of nitrogens with one attached hydrogen (secondary N) is 1. The van der Waals surface area contributed by atoms with Gasteiger partial charge >= 0.3 is 0 Å². The van der Waals surface area contributed by atoms with Crippen molar-refractivity contribution in [3.63, 3.8) is 0 Å². The molecular formula is C13H23N3S. The van der Waals surface area contributed by atoms with Crippen molar-refractivity contribution in [3.8, 4) is 0 Å². The molecule has 0 radical (unpaired) electrons. The molecule has 3 nitrogen and oxygen atoms in total. The molecule has 0 aromatic carbocycles. The summed E-state index contributed by atoms with van der Waals surface area (Å²) in [6.45, 7) is 7.69. The van der Waals surface area contributed by atoms with Crippen LogP contribution in [-0.2, 0) is 0 Å². The third-order valence-electron chi connectivity index (χ3n) is 3.34. The van der Waals surface area contributed by atoms with Gasteiger partial charge in [-0.25, -0.2) is 4.98 Å². The molecule has 1 saturated heterocycles. The number of aromatic nitrogens is 1. The first-order valence-corrected chi connectivity index (χ1v) is 7.63. The lowest BCUT2D eigenvalue weighted by molar-refractivity contribution is 0.585. The Morgan fingerprint density at radius 3 is 2.71 bits per heavy atom. The van der Waals surface area contributed by atoms with Crippen molar-refractivity contribution in [3.05, 3.63) is 11.1 Å². The highest BCUT2D eigenvalue weighted by atomic mass is 32.1. The zero-order valence-corrected chi connectivity index (χ0v) is 11.7. The van der Waals surface area contributed by atoms with Crippen LogP contribution in [0.5, 0.6) is 0 Å². The van der Waals surface area contributed by atoms with Crippen LogP contribution in [0.25, 0.3) is 0 Å². The summed E-state index contributed by atoms with van der Waals surface area (Å²) in [4.78, 5) is 7.23. The van der Waals surface area contributed by atoms with E-state index < -0.39 is 0 Å². The van der Waals surface area contributed by atoms with E-state index in [1.54, 1.807) is 11.3 Å². The lowest BCUT2D eigenvalue weighted by Gasteiger charge is -2.18.